The number of aryl methyl sites for hydroxylation is 2. The van der Waals surface area contributed by atoms with Gasteiger partial charge in [-0.15, -0.1) is 34.0 Å². The van der Waals surface area contributed by atoms with E-state index in [9.17, 15) is 0 Å². The summed E-state index contributed by atoms with van der Waals surface area (Å²) in [6, 6.07) is 14.9. The second-order valence-electron chi connectivity index (χ2n) is 12.5. The largest absolute Gasteiger partial charge is 0.140 e. The Kier molecular flexibility index (Phi) is 12.4. The number of hydrogen-bond acceptors (Lipinski definition) is 3. The van der Waals surface area contributed by atoms with Crippen molar-refractivity contribution >= 4 is 74.4 Å². The van der Waals surface area contributed by atoms with E-state index in [-0.39, 0.29) is 0 Å². The van der Waals surface area contributed by atoms with Gasteiger partial charge in [-0.2, -0.15) is 0 Å². The SMILES string of the molecule is CCCCCCCCCCCc1cc2cc3c(cc2s1)sc1cc2sc(CCCCCCCCCCC)cc2cc13. The molecule has 0 unspecified atom stereocenters. The molecule has 41 heavy (non-hydrogen) atoms. The van der Waals surface area contributed by atoms with E-state index in [2.05, 4.69) is 50.2 Å². The van der Waals surface area contributed by atoms with Crippen molar-refractivity contribution in [2.75, 3.05) is 0 Å². The van der Waals surface area contributed by atoms with Crippen molar-refractivity contribution in [1.29, 1.82) is 0 Å². The summed E-state index contributed by atoms with van der Waals surface area (Å²) in [5.74, 6) is 0. The Morgan fingerprint density at radius 1 is 0.366 bits per heavy atom. The first kappa shape index (κ1) is 31.0. The highest BCUT2D eigenvalue weighted by molar-refractivity contribution is 7.27. The van der Waals surface area contributed by atoms with E-state index >= 15 is 0 Å². The molecule has 0 aliphatic rings. The molecule has 0 fully saturated rings. The lowest BCUT2D eigenvalue weighted by Gasteiger charge is -2.01. The quantitative estimate of drug-likeness (QED) is 0.0775. The van der Waals surface area contributed by atoms with Gasteiger partial charge in [0.2, 0.25) is 0 Å². The molecule has 3 aromatic heterocycles. The Bertz CT molecular complexity index is 1370. The maximum absolute atomic E-state index is 2.49. The highest BCUT2D eigenvalue weighted by Crippen LogP contribution is 2.42. The molecule has 0 aliphatic carbocycles. The standard InChI is InChI=1S/C38H52S3/c1-3-5-7-9-11-13-15-17-19-21-31-23-29-25-33-34-26-30-24-32(22-20-18-16-14-12-10-8-6-4-2)40-36(30)28-38(34)41-37(33)27-35(29)39-31/h23-28H,3-22H2,1-2H3. The first-order valence-electron chi connectivity index (χ1n) is 17.1. The zero-order chi connectivity index (χ0) is 28.3. The molecule has 0 bridgehead atoms. The number of fused-ring (bicyclic) bond motifs is 5. The lowest BCUT2D eigenvalue weighted by atomic mass is 10.1. The van der Waals surface area contributed by atoms with E-state index in [1.54, 1.807) is 9.75 Å². The monoisotopic (exact) mass is 604 g/mol. The zero-order valence-corrected chi connectivity index (χ0v) is 28.3. The normalized spacial score (nSPS) is 12.1. The molecule has 5 rings (SSSR count). The van der Waals surface area contributed by atoms with Crippen LogP contribution < -0.4 is 0 Å². The van der Waals surface area contributed by atoms with Crippen LogP contribution in [0.25, 0.3) is 40.3 Å². The molecule has 0 saturated carbocycles. The Morgan fingerprint density at radius 2 is 0.732 bits per heavy atom. The van der Waals surface area contributed by atoms with Gasteiger partial charge in [-0.05, 0) is 72.9 Å². The number of rotatable bonds is 20. The molecule has 0 N–H and O–H groups in total. The fourth-order valence-corrected chi connectivity index (χ4v) is 9.97. The van der Waals surface area contributed by atoms with Crippen LogP contribution in [0.1, 0.15) is 139 Å². The molecule has 3 heterocycles. The topological polar surface area (TPSA) is 0 Å². The van der Waals surface area contributed by atoms with Crippen LogP contribution in [-0.2, 0) is 12.8 Å². The Balaban J connectivity index is 1.14. The van der Waals surface area contributed by atoms with E-state index in [1.165, 1.54) is 169 Å². The van der Waals surface area contributed by atoms with Gasteiger partial charge in [0.05, 0.1) is 0 Å². The van der Waals surface area contributed by atoms with Crippen LogP contribution >= 0.6 is 34.0 Å². The van der Waals surface area contributed by atoms with Crippen LogP contribution in [0.4, 0.5) is 0 Å². The summed E-state index contributed by atoms with van der Waals surface area (Å²) >= 11 is 6.05. The highest BCUT2D eigenvalue weighted by Gasteiger charge is 2.12. The van der Waals surface area contributed by atoms with Gasteiger partial charge in [-0.1, -0.05) is 117 Å². The van der Waals surface area contributed by atoms with Crippen molar-refractivity contribution in [3.63, 3.8) is 0 Å². The maximum Gasteiger partial charge on any atom is 0.0369 e. The van der Waals surface area contributed by atoms with E-state index in [0.29, 0.717) is 0 Å². The second-order valence-corrected chi connectivity index (χ2v) is 15.9. The molecule has 5 aromatic rings. The summed E-state index contributed by atoms with van der Waals surface area (Å²) in [5, 5.41) is 5.81. The van der Waals surface area contributed by atoms with Crippen molar-refractivity contribution in [2.24, 2.45) is 0 Å². The third-order valence-electron chi connectivity index (χ3n) is 8.90. The number of benzene rings is 2. The summed E-state index contributed by atoms with van der Waals surface area (Å²) in [6.07, 6.45) is 27.8. The van der Waals surface area contributed by atoms with E-state index < -0.39 is 0 Å². The van der Waals surface area contributed by atoms with Gasteiger partial charge in [0.1, 0.15) is 0 Å². The van der Waals surface area contributed by atoms with Crippen LogP contribution in [0.3, 0.4) is 0 Å². The summed E-state index contributed by atoms with van der Waals surface area (Å²) in [5.41, 5.74) is 0. The average molecular weight is 605 g/mol. The molecule has 0 radical (unpaired) electrons. The smallest absolute Gasteiger partial charge is 0.0369 e. The van der Waals surface area contributed by atoms with Crippen molar-refractivity contribution in [3.8, 4) is 0 Å². The maximum atomic E-state index is 2.49. The number of thiophene rings is 3. The summed E-state index contributed by atoms with van der Waals surface area (Å²) < 4.78 is 5.85. The first-order chi connectivity index (χ1) is 20.2. The summed E-state index contributed by atoms with van der Waals surface area (Å²) in [6.45, 7) is 4.60. The molecule has 0 atom stereocenters. The van der Waals surface area contributed by atoms with E-state index in [4.69, 9.17) is 0 Å². The number of unbranched alkanes of at least 4 members (excludes halogenated alkanes) is 16. The molecule has 2 aromatic carbocycles. The first-order valence-corrected chi connectivity index (χ1v) is 19.5. The van der Waals surface area contributed by atoms with Crippen molar-refractivity contribution in [1.82, 2.24) is 0 Å². The average Bonchev–Trinajstić information content (AvgIpc) is 3.66. The van der Waals surface area contributed by atoms with Crippen LogP contribution in [-0.4, -0.2) is 0 Å². The minimum atomic E-state index is 1.25. The fraction of sp³-hybridized carbons (Fsp3) is 0.579. The Hall–Kier alpha value is -1.42. The van der Waals surface area contributed by atoms with Gasteiger partial charge < -0.3 is 0 Å². The predicted octanol–water partition coefficient (Wildman–Crippen LogP) is 14.6. The summed E-state index contributed by atoms with van der Waals surface area (Å²) in [4.78, 5) is 3.15. The molecule has 0 nitrogen and oxygen atoms in total. The molecular weight excluding hydrogens is 553 g/mol. The van der Waals surface area contributed by atoms with Gasteiger partial charge in [0, 0.05) is 39.3 Å². The van der Waals surface area contributed by atoms with Crippen molar-refractivity contribution in [2.45, 2.75) is 142 Å². The minimum Gasteiger partial charge on any atom is -0.140 e. The van der Waals surface area contributed by atoms with Crippen LogP contribution in [0.15, 0.2) is 36.4 Å². The van der Waals surface area contributed by atoms with Crippen molar-refractivity contribution < 1.29 is 0 Å². The molecule has 0 spiro atoms. The molecule has 0 aliphatic heterocycles. The predicted molar refractivity (Wildman–Crippen MR) is 192 cm³/mol. The van der Waals surface area contributed by atoms with Gasteiger partial charge in [0.25, 0.3) is 0 Å². The molecule has 3 heteroatoms. The van der Waals surface area contributed by atoms with Crippen molar-refractivity contribution in [3.05, 3.63) is 46.2 Å². The molecule has 0 saturated heterocycles. The Morgan fingerprint density at radius 3 is 1.12 bits per heavy atom. The second kappa shape index (κ2) is 16.4. The van der Waals surface area contributed by atoms with E-state index in [1.807, 2.05) is 34.0 Å². The third kappa shape index (κ3) is 8.80. The Labute approximate surface area is 261 Å². The fourth-order valence-electron chi connectivity index (χ4n) is 6.42. The van der Waals surface area contributed by atoms with Crippen LogP contribution in [0.5, 0.6) is 0 Å². The zero-order valence-electron chi connectivity index (χ0n) is 25.8. The van der Waals surface area contributed by atoms with E-state index in [0.717, 1.165) is 0 Å². The summed E-state index contributed by atoms with van der Waals surface area (Å²) in [7, 11) is 0. The molecular formula is C38H52S3. The van der Waals surface area contributed by atoms with Gasteiger partial charge in [0.15, 0.2) is 0 Å². The highest BCUT2D eigenvalue weighted by atomic mass is 32.1. The number of hydrogen-bond donors (Lipinski definition) is 0. The minimum absolute atomic E-state index is 1.25. The molecule has 0 amide bonds. The van der Waals surface area contributed by atoms with Crippen LogP contribution in [0, 0.1) is 0 Å². The lowest BCUT2D eigenvalue weighted by molar-refractivity contribution is 0.565. The van der Waals surface area contributed by atoms with Gasteiger partial charge >= 0.3 is 0 Å². The van der Waals surface area contributed by atoms with Gasteiger partial charge in [-0.25, -0.2) is 0 Å². The molecule has 222 valence electrons. The van der Waals surface area contributed by atoms with Gasteiger partial charge in [-0.3, -0.25) is 0 Å². The third-order valence-corrected chi connectivity index (χ3v) is 12.3. The lowest BCUT2D eigenvalue weighted by Crippen LogP contribution is -1.83. The van der Waals surface area contributed by atoms with Crippen LogP contribution in [0.2, 0.25) is 0 Å².